The Bertz CT molecular complexity index is 871. The van der Waals surface area contributed by atoms with Gasteiger partial charge in [-0.05, 0) is 48.5 Å². The maximum atomic E-state index is 5.91. The molecule has 0 bridgehead atoms. The molecule has 0 aliphatic heterocycles. The maximum Gasteiger partial charge on any atom is 0.193 e. The topological polar surface area (TPSA) is 99.6 Å². The Labute approximate surface area is 151 Å². The van der Waals surface area contributed by atoms with Gasteiger partial charge in [0.2, 0.25) is 0 Å². The Morgan fingerprint density at radius 1 is 1.04 bits per heavy atom. The summed E-state index contributed by atoms with van der Waals surface area (Å²) < 4.78 is 11.9. The van der Waals surface area contributed by atoms with Crippen molar-refractivity contribution in [2.45, 2.75) is 6.54 Å². The summed E-state index contributed by atoms with van der Waals surface area (Å²) in [5, 5.41) is 11.2. The van der Waals surface area contributed by atoms with Crippen LogP contribution in [0.3, 0.4) is 0 Å². The second-order valence-electron chi connectivity index (χ2n) is 5.41. The normalized spacial score (nSPS) is 11.2. The molecular weight excluding hydrogens is 332 g/mol. The molecule has 0 saturated carbocycles. The van der Waals surface area contributed by atoms with E-state index in [0.29, 0.717) is 18.2 Å². The lowest BCUT2D eigenvalue weighted by Crippen LogP contribution is -2.22. The number of aliphatic imine (C=N–C) groups is 1. The van der Waals surface area contributed by atoms with Crippen molar-refractivity contribution in [2.75, 3.05) is 19.5 Å². The summed E-state index contributed by atoms with van der Waals surface area (Å²) in [7, 11) is 3.25. The first kappa shape index (κ1) is 17.3. The molecule has 1 aromatic heterocycles. The number of ether oxygens (including phenoxy) is 2. The van der Waals surface area contributed by atoms with Crippen LogP contribution in [0.15, 0.2) is 59.7 Å². The predicted molar refractivity (Wildman–Crippen MR) is 99.9 cm³/mol. The number of methoxy groups -OCH3 is 2. The Kier molecular flexibility index (Phi) is 5.33. The van der Waals surface area contributed by atoms with Crippen LogP contribution in [0.25, 0.3) is 5.69 Å². The molecule has 0 aliphatic carbocycles. The van der Waals surface area contributed by atoms with Gasteiger partial charge in [-0.15, -0.1) is 5.10 Å². The van der Waals surface area contributed by atoms with Gasteiger partial charge in [-0.1, -0.05) is 5.21 Å². The third kappa shape index (κ3) is 4.29. The maximum absolute atomic E-state index is 5.91. The Balaban J connectivity index is 1.61. The first-order valence-electron chi connectivity index (χ1n) is 7.94. The van der Waals surface area contributed by atoms with E-state index in [4.69, 9.17) is 15.2 Å². The SMILES string of the molecule is COc1ccc(NC(N)=NCc2cn(-c3ccc(OC)cc3)nn2)cc1. The van der Waals surface area contributed by atoms with Crippen molar-refractivity contribution < 1.29 is 9.47 Å². The molecule has 0 unspecified atom stereocenters. The smallest absolute Gasteiger partial charge is 0.193 e. The molecule has 8 heteroatoms. The molecule has 26 heavy (non-hydrogen) atoms. The number of guanidine groups is 1. The van der Waals surface area contributed by atoms with Gasteiger partial charge in [0.05, 0.1) is 32.6 Å². The van der Waals surface area contributed by atoms with E-state index in [0.717, 1.165) is 22.9 Å². The monoisotopic (exact) mass is 352 g/mol. The molecule has 1 heterocycles. The van der Waals surface area contributed by atoms with Crippen LogP contribution in [-0.2, 0) is 6.54 Å². The molecule has 3 N–H and O–H groups in total. The number of nitrogens with two attached hydrogens (primary N) is 1. The zero-order chi connectivity index (χ0) is 18.4. The van der Waals surface area contributed by atoms with Gasteiger partial charge in [-0.25, -0.2) is 9.67 Å². The van der Waals surface area contributed by atoms with Crippen molar-refractivity contribution in [1.29, 1.82) is 0 Å². The third-order valence-electron chi connectivity index (χ3n) is 3.65. The lowest BCUT2D eigenvalue weighted by atomic mass is 10.3. The summed E-state index contributed by atoms with van der Waals surface area (Å²) in [4.78, 5) is 4.28. The Morgan fingerprint density at radius 3 is 2.27 bits per heavy atom. The van der Waals surface area contributed by atoms with E-state index in [2.05, 4.69) is 20.6 Å². The van der Waals surface area contributed by atoms with Gasteiger partial charge in [0.15, 0.2) is 5.96 Å². The van der Waals surface area contributed by atoms with Crippen LogP contribution in [0.4, 0.5) is 5.69 Å². The number of rotatable bonds is 6. The minimum absolute atomic E-state index is 0.300. The largest absolute Gasteiger partial charge is 0.497 e. The summed E-state index contributed by atoms with van der Waals surface area (Å²) in [6.07, 6.45) is 1.81. The van der Waals surface area contributed by atoms with Gasteiger partial charge >= 0.3 is 0 Å². The molecule has 0 aliphatic rings. The second-order valence-corrected chi connectivity index (χ2v) is 5.41. The van der Waals surface area contributed by atoms with Gasteiger partial charge < -0.3 is 20.5 Å². The highest BCUT2D eigenvalue weighted by Crippen LogP contribution is 2.15. The van der Waals surface area contributed by atoms with E-state index in [-0.39, 0.29) is 0 Å². The number of hydrogen-bond acceptors (Lipinski definition) is 5. The second kappa shape index (κ2) is 8.02. The molecule has 3 aromatic rings. The molecule has 0 radical (unpaired) electrons. The zero-order valence-corrected chi connectivity index (χ0v) is 14.6. The quantitative estimate of drug-likeness (QED) is 0.521. The first-order chi connectivity index (χ1) is 12.7. The lowest BCUT2D eigenvalue weighted by molar-refractivity contribution is 0.414. The van der Waals surface area contributed by atoms with Crippen LogP contribution in [-0.4, -0.2) is 35.2 Å². The van der Waals surface area contributed by atoms with Crippen molar-refractivity contribution in [2.24, 2.45) is 10.7 Å². The summed E-state index contributed by atoms with van der Waals surface area (Å²) in [6.45, 7) is 0.325. The fraction of sp³-hybridized carbons (Fsp3) is 0.167. The number of anilines is 1. The molecule has 3 rings (SSSR count). The van der Waals surface area contributed by atoms with E-state index in [1.54, 1.807) is 18.9 Å². The van der Waals surface area contributed by atoms with Gasteiger partial charge in [0.1, 0.15) is 17.2 Å². The van der Waals surface area contributed by atoms with E-state index in [9.17, 15) is 0 Å². The Morgan fingerprint density at radius 2 is 1.65 bits per heavy atom. The molecule has 0 spiro atoms. The third-order valence-corrected chi connectivity index (χ3v) is 3.65. The van der Waals surface area contributed by atoms with Gasteiger partial charge in [-0.2, -0.15) is 0 Å². The van der Waals surface area contributed by atoms with Crippen LogP contribution in [0.2, 0.25) is 0 Å². The number of nitrogens with zero attached hydrogens (tertiary/aromatic N) is 4. The predicted octanol–water partition coefficient (Wildman–Crippen LogP) is 2.21. The fourth-order valence-corrected chi connectivity index (χ4v) is 2.26. The van der Waals surface area contributed by atoms with Crippen LogP contribution < -0.4 is 20.5 Å². The van der Waals surface area contributed by atoms with E-state index < -0.39 is 0 Å². The molecule has 0 saturated heterocycles. The summed E-state index contributed by atoms with van der Waals surface area (Å²) in [5.41, 5.74) is 8.34. The fourth-order valence-electron chi connectivity index (χ4n) is 2.26. The molecule has 8 nitrogen and oxygen atoms in total. The van der Waals surface area contributed by atoms with Crippen molar-refractivity contribution in [3.63, 3.8) is 0 Å². The van der Waals surface area contributed by atoms with Gasteiger partial charge in [-0.3, -0.25) is 0 Å². The van der Waals surface area contributed by atoms with Gasteiger partial charge in [0.25, 0.3) is 0 Å². The number of aromatic nitrogens is 3. The Hall–Kier alpha value is -3.55. The van der Waals surface area contributed by atoms with E-state index >= 15 is 0 Å². The molecule has 134 valence electrons. The molecule has 0 fully saturated rings. The van der Waals surface area contributed by atoms with Crippen LogP contribution >= 0.6 is 0 Å². The van der Waals surface area contributed by atoms with Crippen molar-refractivity contribution in [3.05, 3.63) is 60.4 Å². The average molecular weight is 352 g/mol. The summed E-state index contributed by atoms with van der Waals surface area (Å²) in [5.74, 6) is 1.87. The van der Waals surface area contributed by atoms with Crippen LogP contribution in [0, 0.1) is 0 Å². The summed E-state index contributed by atoms with van der Waals surface area (Å²) in [6, 6.07) is 15.0. The molecular formula is C18H20N6O2. The lowest BCUT2D eigenvalue weighted by Gasteiger charge is -2.06. The summed E-state index contributed by atoms with van der Waals surface area (Å²) >= 11 is 0. The highest BCUT2D eigenvalue weighted by molar-refractivity contribution is 5.92. The van der Waals surface area contributed by atoms with Crippen LogP contribution in [0.5, 0.6) is 11.5 Å². The van der Waals surface area contributed by atoms with Crippen molar-refractivity contribution >= 4 is 11.6 Å². The highest BCUT2D eigenvalue weighted by atomic mass is 16.5. The van der Waals surface area contributed by atoms with Crippen molar-refractivity contribution in [3.8, 4) is 17.2 Å². The molecule has 2 aromatic carbocycles. The number of nitrogens with one attached hydrogen (secondary N) is 1. The van der Waals surface area contributed by atoms with Gasteiger partial charge in [0, 0.05) is 5.69 Å². The highest BCUT2D eigenvalue weighted by Gasteiger charge is 2.03. The minimum atomic E-state index is 0.300. The van der Waals surface area contributed by atoms with E-state index in [1.165, 1.54) is 0 Å². The van der Waals surface area contributed by atoms with Crippen molar-refractivity contribution in [1.82, 2.24) is 15.0 Å². The molecule has 0 atom stereocenters. The standard InChI is InChI=1S/C18H20N6O2/c1-25-16-7-3-13(4-8-16)21-18(19)20-11-14-12-24(23-22-14)15-5-9-17(26-2)10-6-15/h3-10,12H,11H2,1-2H3,(H3,19,20,21). The van der Waals surface area contributed by atoms with Crippen LogP contribution in [0.1, 0.15) is 5.69 Å². The number of hydrogen-bond donors (Lipinski definition) is 2. The average Bonchev–Trinajstić information content (AvgIpc) is 3.16. The van der Waals surface area contributed by atoms with E-state index in [1.807, 2.05) is 54.7 Å². The number of benzene rings is 2. The zero-order valence-electron chi connectivity index (χ0n) is 14.6. The minimum Gasteiger partial charge on any atom is -0.497 e. The first-order valence-corrected chi connectivity index (χ1v) is 7.94. The molecule has 0 amide bonds.